The lowest BCUT2D eigenvalue weighted by atomic mass is 10.2. The van der Waals surface area contributed by atoms with Crippen LogP contribution >= 0.6 is 0 Å². The van der Waals surface area contributed by atoms with E-state index in [9.17, 15) is 13.2 Å². The van der Waals surface area contributed by atoms with E-state index in [1.165, 1.54) is 12.1 Å². The van der Waals surface area contributed by atoms with Crippen molar-refractivity contribution in [3.05, 3.63) is 41.9 Å². The fourth-order valence-electron chi connectivity index (χ4n) is 2.57. The molecule has 3 rings (SSSR count). The topological polar surface area (TPSA) is 115 Å². The first-order valence-corrected chi connectivity index (χ1v) is 9.26. The zero-order valence-corrected chi connectivity index (χ0v) is 17.0. The van der Waals surface area contributed by atoms with Crippen molar-refractivity contribution < 1.29 is 22.4 Å². The molecule has 2 N–H and O–H groups in total. The smallest absolute Gasteiger partial charge is 0.406 e. The summed E-state index contributed by atoms with van der Waals surface area (Å²) in [6.45, 7) is 4.04. The Hall–Kier alpha value is -3.70. The van der Waals surface area contributed by atoms with E-state index in [1.807, 2.05) is 6.92 Å². The summed E-state index contributed by atoms with van der Waals surface area (Å²) in [5.74, 6) is 0.723. The van der Waals surface area contributed by atoms with Crippen molar-refractivity contribution in [3.63, 3.8) is 0 Å². The van der Waals surface area contributed by atoms with Crippen molar-refractivity contribution in [1.82, 2.24) is 30.2 Å². The first-order chi connectivity index (χ1) is 14.7. The Kier molecular flexibility index (Phi) is 6.37. The minimum Gasteiger partial charge on any atom is -0.406 e. The molecule has 0 aliphatic rings. The fourth-order valence-corrected chi connectivity index (χ4v) is 2.57. The Labute approximate surface area is 175 Å². The summed E-state index contributed by atoms with van der Waals surface area (Å²) in [7, 11) is 1.76. The van der Waals surface area contributed by atoms with Crippen LogP contribution in [0.2, 0.25) is 0 Å². The molecule has 0 saturated carbocycles. The predicted molar refractivity (Wildman–Crippen MR) is 105 cm³/mol. The van der Waals surface area contributed by atoms with E-state index >= 15 is 0 Å². The van der Waals surface area contributed by atoms with Gasteiger partial charge >= 0.3 is 6.36 Å². The number of allylic oxidation sites excluding steroid dienone is 2. The largest absolute Gasteiger partial charge is 0.573 e. The van der Waals surface area contributed by atoms with Crippen LogP contribution in [0, 0.1) is 12.3 Å². The molecule has 0 bridgehead atoms. The number of hydrogen-bond donors (Lipinski definition) is 2. The number of likely N-dealkylation sites (N-methyl/N-ethyl adjacent to an activating group) is 1. The Balaban J connectivity index is 1.78. The molecule has 0 atom stereocenters. The highest BCUT2D eigenvalue weighted by Crippen LogP contribution is 2.26. The zero-order valence-electron chi connectivity index (χ0n) is 17.0. The highest BCUT2D eigenvalue weighted by Gasteiger charge is 2.31. The molecule has 0 unspecified atom stereocenters. The van der Waals surface area contributed by atoms with Crippen LogP contribution in [0.1, 0.15) is 19.2 Å². The first kappa shape index (κ1) is 22.0. The average Bonchev–Trinajstić information content (AvgIpc) is 3.34. The second-order valence-corrected chi connectivity index (χ2v) is 6.43. The van der Waals surface area contributed by atoms with Gasteiger partial charge in [-0.25, -0.2) is 9.67 Å². The summed E-state index contributed by atoms with van der Waals surface area (Å²) >= 11 is 0. The summed E-state index contributed by atoms with van der Waals surface area (Å²) < 4.78 is 47.5. The number of nitrogens with zero attached hydrogens (tertiary/aromatic N) is 5. The van der Waals surface area contributed by atoms with Gasteiger partial charge in [0.2, 0.25) is 11.6 Å². The molecule has 0 amide bonds. The van der Waals surface area contributed by atoms with Crippen molar-refractivity contribution in [2.24, 2.45) is 0 Å². The monoisotopic (exact) mass is 435 g/mol. The minimum absolute atomic E-state index is 0.0729. The number of benzene rings is 1. The van der Waals surface area contributed by atoms with Crippen molar-refractivity contribution >= 4 is 5.71 Å². The second-order valence-electron chi connectivity index (χ2n) is 6.43. The van der Waals surface area contributed by atoms with Gasteiger partial charge in [0.25, 0.3) is 5.89 Å². The van der Waals surface area contributed by atoms with Gasteiger partial charge in [-0.3, -0.25) is 0 Å². The van der Waals surface area contributed by atoms with Crippen molar-refractivity contribution in [2.75, 3.05) is 7.05 Å². The SMILES string of the molecule is CCC(=N)/C=C(/Cn1nc(-c2nc(-c3ccc(OC(F)(F)F)cc3)no2)nc1C)NC. The number of halogens is 3. The van der Waals surface area contributed by atoms with Gasteiger partial charge in [-0.1, -0.05) is 12.1 Å². The minimum atomic E-state index is -4.76. The Morgan fingerprint density at radius 3 is 2.55 bits per heavy atom. The van der Waals surface area contributed by atoms with Crippen LogP contribution in [0.3, 0.4) is 0 Å². The van der Waals surface area contributed by atoms with Crippen LogP contribution in [0.15, 0.2) is 40.6 Å². The molecule has 0 aliphatic heterocycles. The van der Waals surface area contributed by atoms with Gasteiger partial charge in [-0.2, -0.15) is 4.98 Å². The quantitative estimate of drug-likeness (QED) is 0.518. The highest BCUT2D eigenvalue weighted by atomic mass is 19.4. The predicted octanol–water partition coefficient (Wildman–Crippen LogP) is 3.74. The molecule has 0 aliphatic carbocycles. The highest BCUT2D eigenvalue weighted by molar-refractivity contribution is 5.92. The third-order valence-electron chi connectivity index (χ3n) is 4.19. The molecule has 12 heteroatoms. The van der Waals surface area contributed by atoms with Crippen LogP contribution in [0.25, 0.3) is 23.1 Å². The molecule has 2 heterocycles. The molecule has 1 aromatic carbocycles. The zero-order chi connectivity index (χ0) is 22.6. The van der Waals surface area contributed by atoms with Gasteiger partial charge in [-0.05, 0) is 43.7 Å². The van der Waals surface area contributed by atoms with Gasteiger partial charge < -0.3 is 20.0 Å². The Bertz CT molecular complexity index is 1080. The molecular formula is C19H20F3N7O2. The maximum Gasteiger partial charge on any atom is 0.573 e. The number of hydrogen-bond acceptors (Lipinski definition) is 8. The van der Waals surface area contributed by atoms with Gasteiger partial charge in [-0.15, -0.1) is 18.3 Å². The molecule has 0 fully saturated rings. The Morgan fingerprint density at radius 1 is 1.23 bits per heavy atom. The number of rotatable bonds is 8. The number of aromatic nitrogens is 5. The van der Waals surface area contributed by atoms with Crippen molar-refractivity contribution in [2.45, 2.75) is 33.2 Å². The van der Waals surface area contributed by atoms with Crippen LogP contribution in [-0.4, -0.2) is 44.0 Å². The van der Waals surface area contributed by atoms with Crippen LogP contribution in [0.4, 0.5) is 13.2 Å². The molecule has 0 spiro atoms. The van der Waals surface area contributed by atoms with Crippen LogP contribution < -0.4 is 10.1 Å². The van der Waals surface area contributed by atoms with Gasteiger partial charge in [0.1, 0.15) is 11.6 Å². The molecule has 2 aromatic heterocycles. The van der Waals surface area contributed by atoms with Gasteiger partial charge in [0.05, 0.1) is 6.54 Å². The lowest BCUT2D eigenvalue weighted by Crippen LogP contribution is -2.16. The summed E-state index contributed by atoms with van der Waals surface area (Å²) in [5.41, 5.74) is 1.72. The number of ether oxygens (including phenoxy) is 1. The van der Waals surface area contributed by atoms with Crippen LogP contribution in [0.5, 0.6) is 5.75 Å². The van der Waals surface area contributed by atoms with Crippen molar-refractivity contribution in [3.8, 4) is 28.9 Å². The molecule has 31 heavy (non-hydrogen) atoms. The fraction of sp³-hybridized carbons (Fsp3) is 0.316. The third kappa shape index (κ3) is 5.68. The second kappa shape index (κ2) is 8.98. The summed E-state index contributed by atoms with van der Waals surface area (Å²) in [5, 5.41) is 19.1. The Morgan fingerprint density at radius 2 is 1.94 bits per heavy atom. The van der Waals surface area contributed by atoms with Gasteiger partial charge in [0, 0.05) is 24.0 Å². The van der Waals surface area contributed by atoms with E-state index in [0.717, 1.165) is 17.8 Å². The summed E-state index contributed by atoms with van der Waals surface area (Å²) in [4.78, 5) is 8.56. The van der Waals surface area contributed by atoms with Crippen molar-refractivity contribution in [1.29, 1.82) is 5.41 Å². The van der Waals surface area contributed by atoms with E-state index in [1.54, 1.807) is 24.7 Å². The summed E-state index contributed by atoms with van der Waals surface area (Å²) in [6.07, 6.45) is -2.42. The lowest BCUT2D eigenvalue weighted by molar-refractivity contribution is -0.274. The molecule has 3 aromatic rings. The van der Waals surface area contributed by atoms with E-state index in [4.69, 9.17) is 9.93 Å². The molecule has 0 radical (unpaired) electrons. The molecule has 9 nitrogen and oxygen atoms in total. The first-order valence-electron chi connectivity index (χ1n) is 9.26. The third-order valence-corrected chi connectivity index (χ3v) is 4.19. The maximum atomic E-state index is 12.3. The van der Waals surface area contributed by atoms with Crippen LogP contribution in [-0.2, 0) is 6.54 Å². The number of alkyl halides is 3. The van der Waals surface area contributed by atoms with E-state index in [-0.39, 0.29) is 23.3 Å². The van der Waals surface area contributed by atoms with Gasteiger partial charge in [0.15, 0.2) is 0 Å². The molecular weight excluding hydrogens is 415 g/mol. The number of aryl methyl sites for hydroxylation is 1. The average molecular weight is 435 g/mol. The number of nitrogens with one attached hydrogen (secondary N) is 2. The van der Waals surface area contributed by atoms with E-state index in [0.29, 0.717) is 30.1 Å². The van der Waals surface area contributed by atoms with E-state index in [2.05, 4.69) is 30.3 Å². The normalized spacial score (nSPS) is 12.1. The lowest BCUT2D eigenvalue weighted by Gasteiger charge is -2.08. The summed E-state index contributed by atoms with van der Waals surface area (Å²) in [6, 6.07) is 5.10. The molecule has 0 saturated heterocycles. The standard InChI is InChI=1S/C19H20F3N7O2/c1-4-13(23)9-14(24-3)10-29-11(2)25-17(27-29)18-26-16(28-31-18)12-5-7-15(8-6-12)30-19(20,21)22/h5-9,23-24H,4,10H2,1-3H3/b14-9-,23-13?. The molecule has 164 valence electrons. The maximum absolute atomic E-state index is 12.3. The van der Waals surface area contributed by atoms with E-state index < -0.39 is 6.36 Å².